The molecule has 0 bridgehead atoms. The van der Waals surface area contributed by atoms with Gasteiger partial charge in [0.25, 0.3) is 5.91 Å². The van der Waals surface area contributed by atoms with Crippen LogP contribution in [0.5, 0.6) is 0 Å². The monoisotopic (exact) mass is 438 g/mol. The van der Waals surface area contributed by atoms with E-state index in [2.05, 4.69) is 5.32 Å². The van der Waals surface area contributed by atoms with Crippen molar-refractivity contribution in [2.45, 2.75) is 38.5 Å². The highest BCUT2D eigenvalue weighted by atomic mass is 32.2. The number of amides is 2. The van der Waals surface area contributed by atoms with Gasteiger partial charge in [-0.25, -0.2) is 14.3 Å². The molecule has 0 radical (unpaired) electrons. The number of amidine groups is 2. The minimum absolute atomic E-state index is 0.0489. The van der Waals surface area contributed by atoms with Gasteiger partial charge in [0.15, 0.2) is 5.17 Å². The number of aliphatic imine (C=N–C) groups is 2. The van der Waals surface area contributed by atoms with E-state index in [1.807, 2.05) is 45.0 Å². The number of carbonyl (C=O) groups is 2. The molecule has 8 heteroatoms. The first-order valence-electron chi connectivity index (χ1n) is 10.2. The number of anilines is 1. The van der Waals surface area contributed by atoms with E-state index in [-0.39, 0.29) is 23.5 Å². The van der Waals surface area contributed by atoms with Crippen LogP contribution in [-0.2, 0) is 9.59 Å². The summed E-state index contributed by atoms with van der Waals surface area (Å²) in [5.41, 5.74) is 2.05. The van der Waals surface area contributed by atoms with Crippen molar-refractivity contribution in [3.05, 3.63) is 59.9 Å². The number of fused-ring (bicyclic) bond motifs is 3. The van der Waals surface area contributed by atoms with Crippen LogP contribution < -0.4 is 5.32 Å². The molecule has 0 spiro atoms. The zero-order valence-corrected chi connectivity index (χ0v) is 18.3. The molecule has 31 heavy (non-hydrogen) atoms. The minimum atomic E-state index is -0.485. The first-order chi connectivity index (χ1) is 14.9. The first-order valence-corrected chi connectivity index (χ1v) is 11.1. The lowest BCUT2D eigenvalue weighted by molar-refractivity contribution is -0.125. The molecular weight excluding hydrogens is 415 g/mol. The Morgan fingerprint density at radius 1 is 1.19 bits per heavy atom. The molecule has 2 aromatic rings. The van der Waals surface area contributed by atoms with Crippen molar-refractivity contribution in [2.75, 3.05) is 5.32 Å². The molecule has 0 saturated carbocycles. The lowest BCUT2D eigenvalue weighted by Crippen LogP contribution is -2.43. The van der Waals surface area contributed by atoms with Crippen molar-refractivity contribution in [2.24, 2.45) is 15.9 Å². The maximum absolute atomic E-state index is 13.1. The van der Waals surface area contributed by atoms with Crippen LogP contribution in [0.2, 0.25) is 0 Å². The molecule has 4 rings (SSSR count). The van der Waals surface area contributed by atoms with E-state index in [4.69, 9.17) is 9.98 Å². The largest absolute Gasteiger partial charge is 0.325 e. The second-order valence-corrected chi connectivity index (χ2v) is 8.91. The van der Waals surface area contributed by atoms with Crippen molar-refractivity contribution in [1.82, 2.24) is 4.90 Å². The van der Waals surface area contributed by atoms with Gasteiger partial charge in [0.1, 0.15) is 17.7 Å². The molecule has 2 amide bonds. The molecule has 0 unspecified atom stereocenters. The van der Waals surface area contributed by atoms with Crippen LogP contribution in [-0.4, -0.2) is 39.0 Å². The number of hydrogen-bond acceptors (Lipinski definition) is 5. The number of nitrogens with zero attached hydrogens (tertiary/aromatic N) is 3. The van der Waals surface area contributed by atoms with E-state index in [0.717, 1.165) is 11.3 Å². The van der Waals surface area contributed by atoms with Gasteiger partial charge in [-0.05, 0) is 48.7 Å². The van der Waals surface area contributed by atoms with Gasteiger partial charge in [-0.3, -0.25) is 14.6 Å². The van der Waals surface area contributed by atoms with Crippen LogP contribution in [0.1, 0.15) is 32.8 Å². The van der Waals surface area contributed by atoms with Crippen LogP contribution in [0.15, 0.2) is 58.5 Å². The molecule has 2 atom stereocenters. The van der Waals surface area contributed by atoms with Crippen LogP contribution in [0.3, 0.4) is 0 Å². The summed E-state index contributed by atoms with van der Waals surface area (Å²) >= 11 is 1.24. The Labute approximate surface area is 184 Å². The van der Waals surface area contributed by atoms with Crippen LogP contribution in [0.4, 0.5) is 15.8 Å². The Kier molecular flexibility index (Phi) is 5.91. The first kappa shape index (κ1) is 21.2. The zero-order chi connectivity index (χ0) is 22.1. The summed E-state index contributed by atoms with van der Waals surface area (Å²) in [5.74, 6) is -0.0853. The maximum Gasteiger partial charge on any atom is 0.259 e. The van der Waals surface area contributed by atoms with Gasteiger partial charge in [0, 0.05) is 11.3 Å². The average Bonchev–Trinajstić information content (AvgIpc) is 3.11. The summed E-state index contributed by atoms with van der Waals surface area (Å²) < 4.78 is 13.1. The average molecular weight is 439 g/mol. The quantitative estimate of drug-likeness (QED) is 0.742. The van der Waals surface area contributed by atoms with E-state index >= 15 is 0 Å². The molecule has 2 aliphatic rings. The van der Waals surface area contributed by atoms with E-state index in [1.54, 1.807) is 4.90 Å². The summed E-state index contributed by atoms with van der Waals surface area (Å²) in [5, 5.41) is 2.78. The lowest BCUT2D eigenvalue weighted by Gasteiger charge is -2.27. The Bertz CT molecular complexity index is 1080. The Hall–Kier alpha value is -3.00. The summed E-state index contributed by atoms with van der Waals surface area (Å²) in [6, 6.07) is 12.7. The molecule has 2 heterocycles. The van der Waals surface area contributed by atoms with Gasteiger partial charge in [-0.1, -0.05) is 44.7 Å². The summed E-state index contributed by atoms with van der Waals surface area (Å²) in [4.78, 5) is 37.0. The number of hydrogen-bond donors (Lipinski definition) is 1. The highest BCUT2D eigenvalue weighted by Crippen LogP contribution is 2.36. The summed E-state index contributed by atoms with van der Waals surface area (Å²) in [7, 11) is 0. The molecule has 1 N–H and O–H groups in total. The van der Waals surface area contributed by atoms with Gasteiger partial charge < -0.3 is 5.32 Å². The fourth-order valence-electron chi connectivity index (χ4n) is 3.49. The number of para-hydroxylation sites is 1. The lowest BCUT2D eigenvalue weighted by atomic mass is 10.1. The standard InChI is InChI=1S/C23H23FN4O2S/c1-4-18(21(29)25-15-11-9-14(24)10-12-15)31-23-26-17-8-6-5-7-16(17)20-27-19(13(2)3)22(30)28(20)23/h5-13,18-19H,4H2,1-3H3,(H,25,29)/t18-,19+/m0/s1. The number of nitrogens with one attached hydrogen (secondary N) is 1. The highest BCUT2D eigenvalue weighted by Gasteiger charge is 2.43. The Balaban J connectivity index is 1.62. The van der Waals surface area contributed by atoms with Gasteiger partial charge in [0.05, 0.1) is 10.9 Å². The van der Waals surface area contributed by atoms with Crippen molar-refractivity contribution in [3.63, 3.8) is 0 Å². The molecular formula is C23H23FN4O2S. The third kappa shape index (κ3) is 4.12. The third-order valence-corrected chi connectivity index (χ3v) is 6.47. The zero-order valence-electron chi connectivity index (χ0n) is 17.5. The molecule has 160 valence electrons. The SMILES string of the molecule is CC[C@H](SC1=Nc2ccccc2C2=N[C@H](C(C)C)C(=O)N12)C(=O)Nc1ccc(F)cc1. The van der Waals surface area contributed by atoms with Crippen LogP contribution in [0.25, 0.3) is 0 Å². The van der Waals surface area contributed by atoms with Crippen molar-refractivity contribution >= 4 is 46.0 Å². The van der Waals surface area contributed by atoms with Gasteiger partial charge in [-0.2, -0.15) is 0 Å². The third-order valence-electron chi connectivity index (χ3n) is 5.15. The topological polar surface area (TPSA) is 74.1 Å². The number of rotatable bonds is 5. The van der Waals surface area contributed by atoms with E-state index in [1.165, 1.54) is 36.0 Å². The van der Waals surface area contributed by atoms with Crippen molar-refractivity contribution < 1.29 is 14.0 Å². The normalized spacial score (nSPS) is 18.3. The molecule has 6 nitrogen and oxygen atoms in total. The van der Waals surface area contributed by atoms with E-state index < -0.39 is 11.3 Å². The van der Waals surface area contributed by atoms with Gasteiger partial charge in [0.2, 0.25) is 5.91 Å². The number of carbonyl (C=O) groups excluding carboxylic acids is 2. The van der Waals surface area contributed by atoms with Crippen LogP contribution >= 0.6 is 11.8 Å². The van der Waals surface area contributed by atoms with Crippen LogP contribution in [0, 0.1) is 11.7 Å². The second-order valence-electron chi connectivity index (χ2n) is 7.74. The predicted octanol–water partition coefficient (Wildman–Crippen LogP) is 4.59. The van der Waals surface area contributed by atoms with Gasteiger partial charge in [-0.15, -0.1) is 0 Å². The van der Waals surface area contributed by atoms with E-state index in [0.29, 0.717) is 23.1 Å². The number of benzene rings is 2. The summed E-state index contributed by atoms with van der Waals surface area (Å²) in [6.45, 7) is 5.83. The molecule has 0 fully saturated rings. The van der Waals surface area contributed by atoms with E-state index in [9.17, 15) is 14.0 Å². The smallest absolute Gasteiger partial charge is 0.259 e. The van der Waals surface area contributed by atoms with Gasteiger partial charge >= 0.3 is 0 Å². The Morgan fingerprint density at radius 3 is 2.58 bits per heavy atom. The molecule has 2 aromatic carbocycles. The maximum atomic E-state index is 13.1. The molecule has 0 aliphatic carbocycles. The highest BCUT2D eigenvalue weighted by molar-refractivity contribution is 8.15. The molecule has 2 aliphatic heterocycles. The van der Waals surface area contributed by atoms with Crippen molar-refractivity contribution in [3.8, 4) is 0 Å². The Morgan fingerprint density at radius 2 is 1.90 bits per heavy atom. The second kappa shape index (κ2) is 8.63. The molecule has 0 aromatic heterocycles. The summed E-state index contributed by atoms with van der Waals surface area (Å²) in [6.07, 6.45) is 0.528. The minimum Gasteiger partial charge on any atom is -0.325 e. The fourth-order valence-corrected chi connectivity index (χ4v) is 4.51. The number of thioether (sulfide) groups is 1. The predicted molar refractivity (Wildman–Crippen MR) is 122 cm³/mol. The number of halogens is 1. The fraction of sp³-hybridized carbons (Fsp3) is 0.304. The van der Waals surface area contributed by atoms with Crippen molar-refractivity contribution in [1.29, 1.82) is 0 Å². The molecule has 0 saturated heterocycles.